The predicted molar refractivity (Wildman–Crippen MR) is 134 cm³/mol. The first kappa shape index (κ1) is 24.6. The molecule has 1 saturated heterocycles. The highest BCUT2D eigenvalue weighted by atomic mass is 127. The van der Waals surface area contributed by atoms with Gasteiger partial charge in [-0.3, -0.25) is 0 Å². The van der Waals surface area contributed by atoms with E-state index < -0.39 is 0 Å². The number of halogens is 2. The SMILES string of the molecule is CCNC(=NCc1ccccc1CO)NC1CCN(c2cc(Cl)ccc2OC)C1.I. The third kappa shape index (κ3) is 6.39. The van der Waals surface area contributed by atoms with Gasteiger partial charge in [-0.05, 0) is 42.7 Å². The molecule has 3 N–H and O–H groups in total. The van der Waals surface area contributed by atoms with Crippen molar-refractivity contribution >= 4 is 47.2 Å². The average molecular weight is 545 g/mol. The number of hydrogen-bond donors (Lipinski definition) is 3. The fraction of sp³-hybridized carbons (Fsp3) is 0.409. The van der Waals surface area contributed by atoms with Gasteiger partial charge >= 0.3 is 0 Å². The molecular weight excluding hydrogens is 515 g/mol. The predicted octanol–water partition coefficient (Wildman–Crippen LogP) is 3.79. The zero-order valence-electron chi connectivity index (χ0n) is 17.4. The number of aliphatic hydroxyl groups excluding tert-OH is 1. The van der Waals surface area contributed by atoms with E-state index in [1.54, 1.807) is 7.11 Å². The second-order valence-corrected chi connectivity index (χ2v) is 7.45. The van der Waals surface area contributed by atoms with Crippen LogP contribution in [0, 0.1) is 0 Å². The monoisotopic (exact) mass is 544 g/mol. The van der Waals surface area contributed by atoms with Gasteiger partial charge in [0.1, 0.15) is 5.75 Å². The van der Waals surface area contributed by atoms with Crippen LogP contribution in [0.5, 0.6) is 5.75 Å². The Hall–Kier alpha value is -1.71. The Balaban J connectivity index is 0.00000320. The topological polar surface area (TPSA) is 69.1 Å². The Bertz CT molecular complexity index is 850. The van der Waals surface area contributed by atoms with Crippen molar-refractivity contribution < 1.29 is 9.84 Å². The number of methoxy groups -OCH3 is 1. The third-order valence-electron chi connectivity index (χ3n) is 5.05. The summed E-state index contributed by atoms with van der Waals surface area (Å²) in [5.41, 5.74) is 2.96. The van der Waals surface area contributed by atoms with Crippen LogP contribution in [0.2, 0.25) is 5.02 Å². The van der Waals surface area contributed by atoms with Crippen molar-refractivity contribution in [3.63, 3.8) is 0 Å². The van der Waals surface area contributed by atoms with Crippen molar-refractivity contribution in [2.75, 3.05) is 31.6 Å². The average Bonchev–Trinajstić information content (AvgIpc) is 3.20. The first-order chi connectivity index (χ1) is 14.1. The van der Waals surface area contributed by atoms with Crippen LogP contribution in [0.4, 0.5) is 5.69 Å². The molecule has 1 aliphatic rings. The van der Waals surface area contributed by atoms with E-state index in [9.17, 15) is 5.11 Å². The van der Waals surface area contributed by atoms with Gasteiger partial charge in [0.15, 0.2) is 5.96 Å². The molecule has 2 aromatic rings. The first-order valence-electron chi connectivity index (χ1n) is 9.95. The summed E-state index contributed by atoms with van der Waals surface area (Å²) >= 11 is 6.19. The van der Waals surface area contributed by atoms with Gasteiger partial charge in [-0.2, -0.15) is 0 Å². The molecule has 1 heterocycles. The van der Waals surface area contributed by atoms with Crippen LogP contribution in [-0.2, 0) is 13.2 Å². The number of anilines is 1. The minimum absolute atomic E-state index is 0. The molecule has 0 amide bonds. The largest absolute Gasteiger partial charge is 0.495 e. The molecule has 30 heavy (non-hydrogen) atoms. The van der Waals surface area contributed by atoms with Crippen LogP contribution in [0.25, 0.3) is 0 Å². The standard InChI is InChI=1S/C22H29ClN4O2.HI/c1-3-24-22(25-13-16-6-4-5-7-17(16)15-28)26-19-10-11-27(14-19)20-12-18(23)8-9-21(20)29-2;/h4-9,12,19,28H,3,10-11,13-15H2,1-2H3,(H2,24,25,26);1H. The lowest BCUT2D eigenvalue weighted by atomic mass is 10.1. The van der Waals surface area contributed by atoms with E-state index in [0.717, 1.165) is 54.6 Å². The number of aliphatic hydroxyl groups is 1. The molecular formula is C22H30ClIN4O2. The van der Waals surface area contributed by atoms with E-state index in [1.165, 1.54) is 0 Å². The quantitative estimate of drug-likeness (QED) is 0.281. The summed E-state index contributed by atoms with van der Waals surface area (Å²) in [5, 5.41) is 17.1. The van der Waals surface area contributed by atoms with Gasteiger partial charge in [0.2, 0.25) is 0 Å². The summed E-state index contributed by atoms with van der Waals surface area (Å²) < 4.78 is 5.50. The highest BCUT2D eigenvalue weighted by molar-refractivity contribution is 14.0. The number of ether oxygens (including phenoxy) is 1. The van der Waals surface area contributed by atoms with E-state index in [0.29, 0.717) is 11.6 Å². The molecule has 1 unspecified atom stereocenters. The number of nitrogens with one attached hydrogen (secondary N) is 2. The molecule has 8 heteroatoms. The molecule has 0 spiro atoms. The van der Waals surface area contributed by atoms with Crippen LogP contribution >= 0.6 is 35.6 Å². The molecule has 6 nitrogen and oxygen atoms in total. The number of aliphatic imine (C=N–C) groups is 1. The van der Waals surface area contributed by atoms with Gasteiger partial charge in [0.25, 0.3) is 0 Å². The van der Waals surface area contributed by atoms with Gasteiger partial charge in [0, 0.05) is 30.7 Å². The summed E-state index contributed by atoms with van der Waals surface area (Å²) in [4.78, 5) is 7.01. The molecule has 0 radical (unpaired) electrons. The second-order valence-electron chi connectivity index (χ2n) is 7.01. The lowest BCUT2D eigenvalue weighted by molar-refractivity contribution is 0.280. The summed E-state index contributed by atoms with van der Waals surface area (Å²) in [7, 11) is 1.68. The number of guanidine groups is 1. The molecule has 2 aromatic carbocycles. The van der Waals surface area contributed by atoms with E-state index in [2.05, 4.69) is 22.5 Å². The van der Waals surface area contributed by atoms with Gasteiger partial charge in [-0.25, -0.2) is 4.99 Å². The molecule has 0 bridgehead atoms. The number of nitrogens with zero attached hydrogens (tertiary/aromatic N) is 2. The van der Waals surface area contributed by atoms with Crippen molar-refractivity contribution in [1.82, 2.24) is 10.6 Å². The molecule has 0 aromatic heterocycles. The van der Waals surface area contributed by atoms with Crippen molar-refractivity contribution in [2.45, 2.75) is 32.5 Å². The van der Waals surface area contributed by atoms with Crippen molar-refractivity contribution in [3.8, 4) is 5.75 Å². The smallest absolute Gasteiger partial charge is 0.191 e. The van der Waals surface area contributed by atoms with Crippen molar-refractivity contribution in [1.29, 1.82) is 0 Å². The zero-order chi connectivity index (χ0) is 20.6. The third-order valence-corrected chi connectivity index (χ3v) is 5.29. The van der Waals surface area contributed by atoms with Crippen LogP contribution in [0.1, 0.15) is 24.5 Å². The Morgan fingerprint density at radius 3 is 2.73 bits per heavy atom. The highest BCUT2D eigenvalue weighted by Crippen LogP contribution is 2.33. The molecule has 164 valence electrons. The van der Waals surface area contributed by atoms with E-state index in [-0.39, 0.29) is 36.6 Å². The Morgan fingerprint density at radius 1 is 1.27 bits per heavy atom. The minimum Gasteiger partial charge on any atom is -0.495 e. The van der Waals surface area contributed by atoms with Crippen LogP contribution in [0.3, 0.4) is 0 Å². The minimum atomic E-state index is 0. The molecule has 1 aliphatic heterocycles. The fourth-order valence-electron chi connectivity index (χ4n) is 3.55. The Morgan fingerprint density at radius 2 is 2.03 bits per heavy atom. The van der Waals surface area contributed by atoms with E-state index in [4.69, 9.17) is 21.3 Å². The van der Waals surface area contributed by atoms with Crippen molar-refractivity contribution in [3.05, 3.63) is 58.6 Å². The maximum atomic E-state index is 9.51. The lowest BCUT2D eigenvalue weighted by Crippen LogP contribution is -2.44. The molecule has 0 aliphatic carbocycles. The maximum Gasteiger partial charge on any atom is 0.191 e. The van der Waals surface area contributed by atoms with Crippen LogP contribution in [-0.4, -0.2) is 43.9 Å². The first-order valence-corrected chi connectivity index (χ1v) is 10.3. The Labute approximate surface area is 200 Å². The molecule has 1 fully saturated rings. The second kappa shape index (κ2) is 12.2. The maximum absolute atomic E-state index is 9.51. The normalized spacial score (nSPS) is 16.2. The Kier molecular flexibility index (Phi) is 10.0. The van der Waals surface area contributed by atoms with Crippen LogP contribution < -0.4 is 20.3 Å². The lowest BCUT2D eigenvalue weighted by Gasteiger charge is -2.22. The van der Waals surface area contributed by atoms with Gasteiger partial charge < -0.3 is 25.4 Å². The summed E-state index contributed by atoms with van der Waals surface area (Å²) in [6.07, 6.45) is 0.993. The number of hydrogen-bond acceptors (Lipinski definition) is 4. The summed E-state index contributed by atoms with van der Waals surface area (Å²) in [5.74, 6) is 1.61. The highest BCUT2D eigenvalue weighted by Gasteiger charge is 2.25. The summed E-state index contributed by atoms with van der Waals surface area (Å²) in [6, 6.07) is 13.8. The van der Waals surface area contributed by atoms with Gasteiger partial charge in [0.05, 0.1) is 25.9 Å². The molecule has 1 atom stereocenters. The van der Waals surface area contributed by atoms with Crippen molar-refractivity contribution in [2.24, 2.45) is 4.99 Å². The number of rotatable bonds is 7. The molecule has 0 saturated carbocycles. The zero-order valence-corrected chi connectivity index (χ0v) is 20.5. The number of benzene rings is 2. The molecule has 3 rings (SSSR count). The van der Waals surface area contributed by atoms with Gasteiger partial charge in [-0.1, -0.05) is 35.9 Å². The van der Waals surface area contributed by atoms with E-state index in [1.807, 2.05) is 42.5 Å². The van der Waals surface area contributed by atoms with Crippen LogP contribution in [0.15, 0.2) is 47.5 Å². The van der Waals surface area contributed by atoms with E-state index >= 15 is 0 Å². The fourth-order valence-corrected chi connectivity index (χ4v) is 3.72. The van der Waals surface area contributed by atoms with Gasteiger partial charge in [-0.15, -0.1) is 24.0 Å². The summed E-state index contributed by atoms with van der Waals surface area (Å²) in [6.45, 7) is 5.14.